The van der Waals surface area contributed by atoms with E-state index in [1.54, 1.807) is 0 Å². The summed E-state index contributed by atoms with van der Waals surface area (Å²) in [4.78, 5) is 0. The van der Waals surface area contributed by atoms with Crippen molar-refractivity contribution in [2.75, 3.05) is 5.06 Å². The van der Waals surface area contributed by atoms with Crippen molar-refractivity contribution in [3.8, 4) is 0 Å². The predicted molar refractivity (Wildman–Crippen MR) is 49.7 cm³/mol. The number of nitrogens with one attached hydrogen (secondary N) is 1. The number of para-hydroxylation sites is 1. The molecule has 0 spiro atoms. The van der Waals surface area contributed by atoms with E-state index in [4.69, 9.17) is 5.41 Å². The van der Waals surface area contributed by atoms with Gasteiger partial charge in [0, 0.05) is 5.75 Å². The van der Waals surface area contributed by atoms with E-state index in [0.29, 0.717) is 0 Å². The lowest BCUT2D eigenvalue weighted by atomic mass is 10.2. The third-order valence-electron chi connectivity index (χ3n) is 1.78. The number of amidine groups is 1. The number of hydrogen-bond acceptors (Lipinski definition) is 3. The fourth-order valence-corrected chi connectivity index (χ4v) is 1.91. The predicted octanol–water partition coefficient (Wildman–Crippen LogP) is 2.06. The number of nitrogens with zero attached hydrogens (tertiary/aromatic N) is 1. The number of thioether (sulfide) groups is 1. The molecule has 0 fully saturated rings. The molecule has 0 aliphatic carbocycles. The first-order valence-electron chi connectivity index (χ1n) is 3.57. The summed E-state index contributed by atoms with van der Waals surface area (Å²) in [6.45, 7) is 0. The van der Waals surface area contributed by atoms with Gasteiger partial charge in [0.2, 0.25) is 0 Å². The summed E-state index contributed by atoms with van der Waals surface area (Å²) in [5.41, 5.74) is 1.79. The maximum atomic E-state index is 9.42. The summed E-state index contributed by atoms with van der Waals surface area (Å²) in [5.74, 6) is 0.770. The van der Waals surface area contributed by atoms with Crippen LogP contribution in [0.25, 0.3) is 0 Å². The lowest BCUT2D eigenvalue weighted by Crippen LogP contribution is -2.27. The van der Waals surface area contributed by atoms with Gasteiger partial charge in [-0.15, -0.1) is 0 Å². The van der Waals surface area contributed by atoms with Gasteiger partial charge in [0.25, 0.3) is 0 Å². The number of fused-ring (bicyclic) bond motifs is 1. The van der Waals surface area contributed by atoms with Crippen LogP contribution in [0.2, 0.25) is 0 Å². The molecule has 0 amide bonds. The van der Waals surface area contributed by atoms with Crippen LogP contribution >= 0.6 is 11.8 Å². The third-order valence-corrected chi connectivity index (χ3v) is 2.68. The highest BCUT2D eigenvalue weighted by molar-refractivity contribution is 8.13. The zero-order chi connectivity index (χ0) is 8.55. The Labute approximate surface area is 74.5 Å². The first-order chi connectivity index (χ1) is 5.79. The van der Waals surface area contributed by atoms with Gasteiger partial charge in [0.1, 0.15) is 0 Å². The molecule has 3 nitrogen and oxygen atoms in total. The molecular weight excluding hydrogens is 172 g/mol. The number of hydrogen-bond donors (Lipinski definition) is 2. The van der Waals surface area contributed by atoms with Crippen LogP contribution in [0, 0.1) is 5.41 Å². The lowest BCUT2D eigenvalue weighted by Gasteiger charge is -2.24. The molecule has 0 atom stereocenters. The number of rotatable bonds is 0. The minimum Gasteiger partial charge on any atom is -0.282 e. The number of benzene rings is 1. The van der Waals surface area contributed by atoms with Crippen molar-refractivity contribution in [3.63, 3.8) is 0 Å². The largest absolute Gasteiger partial charge is 0.282 e. The number of anilines is 1. The third kappa shape index (κ3) is 1.09. The smallest absolute Gasteiger partial charge is 0.185 e. The second-order valence-electron chi connectivity index (χ2n) is 2.53. The maximum absolute atomic E-state index is 9.42. The summed E-state index contributed by atoms with van der Waals surface area (Å²) in [6, 6.07) is 7.55. The molecular formula is C8H8N2OS. The normalized spacial score (nSPS) is 16.1. The molecule has 1 aliphatic rings. The van der Waals surface area contributed by atoms with Gasteiger partial charge in [-0.05, 0) is 11.6 Å². The van der Waals surface area contributed by atoms with Gasteiger partial charge in [-0.25, -0.2) is 5.06 Å². The van der Waals surface area contributed by atoms with Crippen LogP contribution in [0.5, 0.6) is 0 Å². The Morgan fingerprint density at radius 3 is 3.00 bits per heavy atom. The molecule has 12 heavy (non-hydrogen) atoms. The van der Waals surface area contributed by atoms with Gasteiger partial charge in [0.15, 0.2) is 5.17 Å². The Balaban J connectivity index is 2.48. The fraction of sp³-hybridized carbons (Fsp3) is 0.125. The standard InChI is InChI=1S/C8H8N2OS/c9-8-10(11)7-4-2-1-3-6(7)5-12-8/h1-4,9,11H,5H2. The van der Waals surface area contributed by atoms with E-state index in [2.05, 4.69) is 0 Å². The van der Waals surface area contributed by atoms with E-state index in [0.717, 1.165) is 22.1 Å². The van der Waals surface area contributed by atoms with Crippen molar-refractivity contribution in [1.29, 1.82) is 5.41 Å². The maximum Gasteiger partial charge on any atom is 0.185 e. The molecule has 0 saturated heterocycles. The van der Waals surface area contributed by atoms with E-state index in [9.17, 15) is 5.21 Å². The molecule has 62 valence electrons. The number of hydroxylamine groups is 1. The highest BCUT2D eigenvalue weighted by Crippen LogP contribution is 2.30. The minimum atomic E-state index is 0.189. The summed E-state index contributed by atoms with van der Waals surface area (Å²) in [6.07, 6.45) is 0. The van der Waals surface area contributed by atoms with Crippen LogP contribution < -0.4 is 5.06 Å². The molecule has 0 bridgehead atoms. The summed E-state index contributed by atoms with van der Waals surface area (Å²) in [5, 5.41) is 17.9. The zero-order valence-corrected chi connectivity index (χ0v) is 7.14. The van der Waals surface area contributed by atoms with E-state index in [1.165, 1.54) is 11.8 Å². The molecule has 4 heteroatoms. The van der Waals surface area contributed by atoms with Crippen LogP contribution in [0.15, 0.2) is 24.3 Å². The van der Waals surface area contributed by atoms with Gasteiger partial charge in [-0.3, -0.25) is 10.6 Å². The Hall–Kier alpha value is -1.00. The molecule has 0 radical (unpaired) electrons. The highest BCUT2D eigenvalue weighted by atomic mass is 32.2. The Morgan fingerprint density at radius 2 is 2.17 bits per heavy atom. The average molecular weight is 180 g/mol. The van der Waals surface area contributed by atoms with Crippen molar-refractivity contribution in [1.82, 2.24) is 0 Å². The average Bonchev–Trinajstić information content (AvgIpc) is 2.12. The molecule has 1 aliphatic heterocycles. The summed E-state index contributed by atoms with van der Waals surface area (Å²) < 4.78 is 0. The van der Waals surface area contributed by atoms with Crippen molar-refractivity contribution >= 4 is 22.6 Å². The molecule has 0 unspecified atom stereocenters. The Morgan fingerprint density at radius 1 is 1.42 bits per heavy atom. The molecule has 0 aromatic heterocycles. The van der Waals surface area contributed by atoms with E-state index in [-0.39, 0.29) is 5.17 Å². The molecule has 2 rings (SSSR count). The van der Waals surface area contributed by atoms with Crippen LogP contribution in [0.3, 0.4) is 0 Å². The summed E-state index contributed by atoms with van der Waals surface area (Å²) >= 11 is 1.33. The van der Waals surface area contributed by atoms with Crippen LogP contribution in [0.4, 0.5) is 5.69 Å². The lowest BCUT2D eigenvalue weighted by molar-refractivity contribution is 0.313. The Bertz CT molecular complexity index is 327. The van der Waals surface area contributed by atoms with E-state index in [1.807, 2.05) is 24.3 Å². The first kappa shape index (κ1) is 7.64. The minimum absolute atomic E-state index is 0.189. The van der Waals surface area contributed by atoms with Crippen LogP contribution in [0.1, 0.15) is 5.56 Å². The first-order valence-corrected chi connectivity index (χ1v) is 4.56. The van der Waals surface area contributed by atoms with Crippen LogP contribution in [-0.4, -0.2) is 10.4 Å². The Kier molecular flexibility index (Phi) is 1.78. The molecule has 2 N–H and O–H groups in total. The van der Waals surface area contributed by atoms with Crippen molar-refractivity contribution in [2.45, 2.75) is 5.75 Å². The highest BCUT2D eigenvalue weighted by Gasteiger charge is 2.19. The van der Waals surface area contributed by atoms with E-state index < -0.39 is 0 Å². The zero-order valence-electron chi connectivity index (χ0n) is 6.32. The topological polar surface area (TPSA) is 47.3 Å². The monoisotopic (exact) mass is 180 g/mol. The molecule has 1 aromatic carbocycles. The second-order valence-corrected chi connectivity index (χ2v) is 3.50. The van der Waals surface area contributed by atoms with Crippen molar-refractivity contribution in [3.05, 3.63) is 29.8 Å². The second kappa shape index (κ2) is 2.80. The van der Waals surface area contributed by atoms with Gasteiger partial charge in [-0.1, -0.05) is 30.0 Å². The van der Waals surface area contributed by atoms with Gasteiger partial charge in [0.05, 0.1) is 5.69 Å². The summed E-state index contributed by atoms with van der Waals surface area (Å²) in [7, 11) is 0. The van der Waals surface area contributed by atoms with Crippen molar-refractivity contribution in [2.24, 2.45) is 0 Å². The van der Waals surface area contributed by atoms with Gasteiger partial charge >= 0.3 is 0 Å². The van der Waals surface area contributed by atoms with Crippen molar-refractivity contribution < 1.29 is 5.21 Å². The van der Waals surface area contributed by atoms with E-state index >= 15 is 0 Å². The van der Waals surface area contributed by atoms with Gasteiger partial charge < -0.3 is 0 Å². The molecule has 0 saturated carbocycles. The molecule has 1 aromatic rings. The SMILES string of the molecule is N=C1SCc2ccccc2N1O. The quantitative estimate of drug-likeness (QED) is 0.642. The van der Waals surface area contributed by atoms with Crippen LogP contribution in [-0.2, 0) is 5.75 Å². The van der Waals surface area contributed by atoms with Gasteiger partial charge in [-0.2, -0.15) is 0 Å². The fourth-order valence-electron chi connectivity index (χ4n) is 1.16. The molecule has 1 heterocycles.